The number of carbonyl (C=O) groups excluding carboxylic acids is 1. The van der Waals surface area contributed by atoms with Crippen LogP contribution in [0.1, 0.15) is 23.3 Å². The molecule has 0 atom stereocenters. The summed E-state index contributed by atoms with van der Waals surface area (Å²) in [4.78, 5) is 11.6. The highest BCUT2D eigenvalue weighted by Crippen LogP contribution is 2.00. The molecule has 94 valence electrons. The molecule has 0 bridgehead atoms. The predicted octanol–water partition coefficient (Wildman–Crippen LogP) is 0.675. The minimum absolute atomic E-state index is 0.197. The second-order valence-corrected chi connectivity index (χ2v) is 3.51. The van der Waals surface area contributed by atoms with Crippen molar-refractivity contribution < 1.29 is 9.53 Å². The van der Waals surface area contributed by atoms with E-state index in [1.165, 1.54) is 0 Å². The minimum Gasteiger partial charge on any atom is -0.385 e. The van der Waals surface area contributed by atoms with Gasteiger partial charge < -0.3 is 15.4 Å². The van der Waals surface area contributed by atoms with Gasteiger partial charge in [-0.3, -0.25) is 4.79 Å². The van der Waals surface area contributed by atoms with Crippen LogP contribution in [0.3, 0.4) is 0 Å². The van der Waals surface area contributed by atoms with Crippen molar-refractivity contribution in [3.05, 3.63) is 17.8 Å². The number of hydrogen-bond donors (Lipinski definition) is 2. The third-order valence-corrected chi connectivity index (χ3v) is 2.21. The number of amides is 1. The fraction of sp³-hybridized carbons (Fsp3) is 0.545. The Morgan fingerprint density at radius 3 is 2.76 bits per heavy atom. The molecule has 2 N–H and O–H groups in total. The normalized spacial score (nSPS) is 10.0. The van der Waals surface area contributed by atoms with Crippen molar-refractivity contribution in [2.24, 2.45) is 0 Å². The number of nitrogens with one attached hydrogen (secondary N) is 2. The number of carbonyl (C=O) groups is 1. The van der Waals surface area contributed by atoms with Crippen LogP contribution in [0.25, 0.3) is 0 Å². The summed E-state index contributed by atoms with van der Waals surface area (Å²) in [6.07, 6.45) is 1.82. The van der Waals surface area contributed by atoms with Gasteiger partial charge in [-0.05, 0) is 25.0 Å². The van der Waals surface area contributed by atoms with Crippen LogP contribution >= 0.6 is 0 Å². The van der Waals surface area contributed by atoms with E-state index in [0.29, 0.717) is 24.7 Å². The van der Waals surface area contributed by atoms with E-state index in [-0.39, 0.29) is 5.91 Å². The Kier molecular flexibility index (Phi) is 5.95. The molecule has 0 aromatic carbocycles. The van der Waals surface area contributed by atoms with Gasteiger partial charge in [0.15, 0.2) is 5.69 Å². The SMILES string of the molecule is CNc1ccc(C(=O)NCCCCOC)nn1. The van der Waals surface area contributed by atoms with Crippen LogP contribution in [-0.4, -0.2) is 43.4 Å². The first-order valence-electron chi connectivity index (χ1n) is 5.56. The van der Waals surface area contributed by atoms with E-state index >= 15 is 0 Å². The molecule has 0 saturated carbocycles. The van der Waals surface area contributed by atoms with E-state index in [4.69, 9.17) is 4.74 Å². The maximum Gasteiger partial charge on any atom is 0.271 e. The number of nitrogens with zero attached hydrogens (tertiary/aromatic N) is 2. The lowest BCUT2D eigenvalue weighted by Crippen LogP contribution is -2.25. The monoisotopic (exact) mass is 238 g/mol. The van der Waals surface area contributed by atoms with Crippen molar-refractivity contribution in [2.45, 2.75) is 12.8 Å². The molecule has 1 rings (SSSR count). The van der Waals surface area contributed by atoms with E-state index in [1.54, 1.807) is 26.3 Å². The van der Waals surface area contributed by atoms with E-state index in [0.717, 1.165) is 12.8 Å². The average molecular weight is 238 g/mol. The van der Waals surface area contributed by atoms with Crippen LogP contribution in [0.4, 0.5) is 5.82 Å². The average Bonchev–Trinajstić information content (AvgIpc) is 2.38. The van der Waals surface area contributed by atoms with Crippen LogP contribution in [-0.2, 0) is 4.74 Å². The van der Waals surface area contributed by atoms with Gasteiger partial charge in [-0.1, -0.05) is 0 Å². The Bertz CT molecular complexity index is 340. The van der Waals surface area contributed by atoms with Crippen LogP contribution < -0.4 is 10.6 Å². The lowest BCUT2D eigenvalue weighted by molar-refractivity contribution is 0.0945. The van der Waals surface area contributed by atoms with Crippen LogP contribution in [0.5, 0.6) is 0 Å². The molecule has 17 heavy (non-hydrogen) atoms. The fourth-order valence-electron chi connectivity index (χ4n) is 1.25. The van der Waals surface area contributed by atoms with Crippen molar-refractivity contribution in [1.29, 1.82) is 0 Å². The molecule has 1 aromatic heterocycles. The van der Waals surface area contributed by atoms with Gasteiger partial charge in [0.05, 0.1) is 0 Å². The number of hydrogen-bond acceptors (Lipinski definition) is 5. The molecule has 1 heterocycles. The number of anilines is 1. The third-order valence-electron chi connectivity index (χ3n) is 2.21. The number of ether oxygens (including phenoxy) is 1. The molecule has 0 aliphatic rings. The predicted molar refractivity (Wildman–Crippen MR) is 65.0 cm³/mol. The highest BCUT2D eigenvalue weighted by Gasteiger charge is 2.06. The van der Waals surface area contributed by atoms with Crippen molar-refractivity contribution in [2.75, 3.05) is 32.6 Å². The summed E-state index contributed by atoms with van der Waals surface area (Å²) in [7, 11) is 3.41. The Hall–Kier alpha value is -1.69. The summed E-state index contributed by atoms with van der Waals surface area (Å²) in [5.41, 5.74) is 0.329. The molecule has 0 saturated heterocycles. The summed E-state index contributed by atoms with van der Waals surface area (Å²) in [6, 6.07) is 3.36. The summed E-state index contributed by atoms with van der Waals surface area (Å²) in [6.45, 7) is 1.34. The third kappa shape index (κ3) is 4.78. The molecule has 0 spiro atoms. The minimum atomic E-state index is -0.197. The quantitative estimate of drug-likeness (QED) is 0.683. The molecule has 0 aliphatic carbocycles. The molecule has 6 nitrogen and oxygen atoms in total. The maximum absolute atomic E-state index is 11.6. The smallest absolute Gasteiger partial charge is 0.271 e. The van der Waals surface area contributed by atoms with Crippen molar-refractivity contribution in [3.63, 3.8) is 0 Å². The Labute approximate surface area is 101 Å². The number of aromatic nitrogens is 2. The van der Waals surface area contributed by atoms with Gasteiger partial charge in [0, 0.05) is 27.3 Å². The van der Waals surface area contributed by atoms with Gasteiger partial charge in [0.1, 0.15) is 5.82 Å². The van der Waals surface area contributed by atoms with Crippen LogP contribution in [0.2, 0.25) is 0 Å². The van der Waals surface area contributed by atoms with E-state index in [9.17, 15) is 4.79 Å². The van der Waals surface area contributed by atoms with Gasteiger partial charge in [-0.25, -0.2) is 0 Å². The standard InChI is InChI=1S/C11H18N4O2/c1-12-10-6-5-9(14-15-10)11(16)13-7-3-4-8-17-2/h5-6H,3-4,7-8H2,1-2H3,(H,12,15)(H,13,16). The van der Waals surface area contributed by atoms with Crippen LogP contribution in [0.15, 0.2) is 12.1 Å². The molecular weight excluding hydrogens is 220 g/mol. The topological polar surface area (TPSA) is 76.1 Å². The Morgan fingerprint density at radius 1 is 1.35 bits per heavy atom. The number of rotatable bonds is 7. The highest BCUT2D eigenvalue weighted by atomic mass is 16.5. The van der Waals surface area contributed by atoms with Gasteiger partial charge in [0.2, 0.25) is 0 Å². The van der Waals surface area contributed by atoms with Gasteiger partial charge >= 0.3 is 0 Å². The van der Waals surface area contributed by atoms with Crippen molar-refractivity contribution in [3.8, 4) is 0 Å². The van der Waals surface area contributed by atoms with E-state index in [1.807, 2.05) is 0 Å². The zero-order chi connectivity index (χ0) is 12.5. The van der Waals surface area contributed by atoms with Crippen molar-refractivity contribution >= 4 is 11.7 Å². The number of methoxy groups -OCH3 is 1. The first-order chi connectivity index (χ1) is 8.27. The maximum atomic E-state index is 11.6. The second-order valence-electron chi connectivity index (χ2n) is 3.51. The molecular formula is C11H18N4O2. The van der Waals surface area contributed by atoms with Crippen LogP contribution in [0, 0.1) is 0 Å². The van der Waals surface area contributed by atoms with Gasteiger partial charge in [0.25, 0.3) is 5.91 Å². The second kappa shape index (κ2) is 7.56. The Morgan fingerprint density at radius 2 is 2.18 bits per heavy atom. The summed E-state index contributed by atoms with van der Waals surface area (Å²) in [5, 5.41) is 13.3. The lowest BCUT2D eigenvalue weighted by atomic mass is 10.3. The molecule has 1 aromatic rings. The summed E-state index contributed by atoms with van der Waals surface area (Å²) < 4.78 is 4.92. The molecule has 1 amide bonds. The summed E-state index contributed by atoms with van der Waals surface area (Å²) in [5.74, 6) is 0.444. The first-order valence-corrected chi connectivity index (χ1v) is 5.56. The largest absolute Gasteiger partial charge is 0.385 e. The zero-order valence-corrected chi connectivity index (χ0v) is 10.2. The zero-order valence-electron chi connectivity index (χ0n) is 10.2. The van der Waals surface area contributed by atoms with E-state index < -0.39 is 0 Å². The molecule has 0 fully saturated rings. The summed E-state index contributed by atoms with van der Waals surface area (Å²) >= 11 is 0. The highest BCUT2D eigenvalue weighted by molar-refractivity contribution is 5.92. The lowest BCUT2D eigenvalue weighted by Gasteiger charge is -2.04. The number of unbranched alkanes of at least 4 members (excludes halogenated alkanes) is 1. The van der Waals surface area contributed by atoms with E-state index in [2.05, 4.69) is 20.8 Å². The van der Waals surface area contributed by atoms with Crippen molar-refractivity contribution in [1.82, 2.24) is 15.5 Å². The molecule has 6 heteroatoms. The Balaban J connectivity index is 2.31. The molecule has 0 aliphatic heterocycles. The van der Waals surface area contributed by atoms with Gasteiger partial charge in [-0.2, -0.15) is 0 Å². The fourth-order valence-corrected chi connectivity index (χ4v) is 1.25. The first kappa shape index (κ1) is 13.4. The molecule has 0 radical (unpaired) electrons. The molecule has 0 unspecified atom stereocenters. The van der Waals surface area contributed by atoms with Gasteiger partial charge in [-0.15, -0.1) is 10.2 Å².